The van der Waals surface area contributed by atoms with Crippen LogP contribution in [0, 0.1) is 11.3 Å². The van der Waals surface area contributed by atoms with Gasteiger partial charge in [0.05, 0.1) is 12.7 Å². The molecule has 0 heterocycles. The van der Waals surface area contributed by atoms with Crippen LogP contribution in [0.4, 0.5) is 0 Å². The third-order valence-corrected chi connectivity index (χ3v) is 1.66. The zero-order valence-electron chi connectivity index (χ0n) is 9.19. The summed E-state index contributed by atoms with van der Waals surface area (Å²) in [5.74, 6) is -1.96. The van der Waals surface area contributed by atoms with E-state index in [1.807, 2.05) is 0 Å². The molecule has 0 aliphatic rings. The van der Waals surface area contributed by atoms with Crippen LogP contribution in [0.2, 0.25) is 0 Å². The molecule has 0 unspecified atom stereocenters. The van der Waals surface area contributed by atoms with Gasteiger partial charge in [-0.1, -0.05) is 6.92 Å². The van der Waals surface area contributed by atoms with Crippen molar-refractivity contribution in [2.75, 3.05) is 6.61 Å². The molecule has 0 aliphatic carbocycles. The minimum absolute atomic E-state index is 0.106. The predicted octanol–water partition coefficient (Wildman–Crippen LogP) is 1.42. The first kappa shape index (κ1) is 13.9. The van der Waals surface area contributed by atoms with E-state index in [9.17, 15) is 14.7 Å². The smallest absolute Gasteiger partial charge is 0.345 e. The average molecular weight is 223 g/mol. The highest BCUT2D eigenvalue weighted by Crippen LogP contribution is 2.10. The maximum absolute atomic E-state index is 11.5. The molecule has 0 amide bonds. The molecule has 5 heteroatoms. The van der Waals surface area contributed by atoms with Crippen LogP contribution in [0.1, 0.15) is 20.3 Å². The molecule has 0 saturated carbocycles. The Hall–Kier alpha value is -2.09. The highest BCUT2D eigenvalue weighted by atomic mass is 16.5. The second kappa shape index (κ2) is 7.23. The van der Waals surface area contributed by atoms with Crippen molar-refractivity contribution in [1.29, 1.82) is 5.26 Å². The second-order valence-electron chi connectivity index (χ2n) is 2.72. The predicted molar refractivity (Wildman–Crippen MR) is 56.3 cm³/mol. The summed E-state index contributed by atoms with van der Waals surface area (Å²) in [5.41, 5.74) is -0.421. The Morgan fingerprint density at radius 1 is 1.44 bits per heavy atom. The number of nitrogens with zero attached hydrogens (tertiary/aromatic N) is 1. The number of aliphatic hydroxyl groups is 1. The number of esters is 1. The van der Waals surface area contributed by atoms with E-state index in [0.717, 1.165) is 12.2 Å². The number of ether oxygens (including phenoxy) is 1. The number of ketones is 1. The van der Waals surface area contributed by atoms with Gasteiger partial charge in [0.1, 0.15) is 11.3 Å². The van der Waals surface area contributed by atoms with Crippen molar-refractivity contribution < 1.29 is 19.4 Å². The first-order valence-electron chi connectivity index (χ1n) is 4.78. The SMILES string of the molecule is CCOC(=O)/C(C(=O)/C=C/C#N)=C(/O)CC. The highest BCUT2D eigenvalue weighted by Gasteiger charge is 2.21. The number of aliphatic hydroxyl groups excluding tert-OH is 1. The molecule has 0 aromatic carbocycles. The summed E-state index contributed by atoms with van der Waals surface area (Å²) in [6.45, 7) is 3.29. The number of hydrogen-bond acceptors (Lipinski definition) is 5. The van der Waals surface area contributed by atoms with Gasteiger partial charge >= 0.3 is 5.97 Å². The van der Waals surface area contributed by atoms with Gasteiger partial charge in [-0.2, -0.15) is 5.26 Å². The maximum atomic E-state index is 11.5. The summed E-state index contributed by atoms with van der Waals surface area (Å²) < 4.78 is 4.63. The van der Waals surface area contributed by atoms with Crippen LogP contribution in [0.15, 0.2) is 23.5 Å². The Bertz CT molecular complexity index is 374. The molecule has 0 bridgehead atoms. The van der Waals surface area contributed by atoms with E-state index in [1.165, 1.54) is 0 Å². The topological polar surface area (TPSA) is 87.4 Å². The summed E-state index contributed by atoms with van der Waals surface area (Å²) in [5, 5.41) is 17.7. The molecular formula is C11H13NO4. The maximum Gasteiger partial charge on any atom is 0.345 e. The molecule has 0 rings (SSSR count). The summed E-state index contributed by atoms with van der Waals surface area (Å²) >= 11 is 0. The lowest BCUT2D eigenvalue weighted by Crippen LogP contribution is -2.17. The van der Waals surface area contributed by atoms with E-state index in [0.29, 0.717) is 0 Å². The molecule has 0 aromatic heterocycles. The zero-order chi connectivity index (χ0) is 12.6. The van der Waals surface area contributed by atoms with Crippen LogP contribution in [0.25, 0.3) is 0 Å². The van der Waals surface area contributed by atoms with Gasteiger partial charge in [0.25, 0.3) is 0 Å². The van der Waals surface area contributed by atoms with Crippen molar-refractivity contribution in [3.8, 4) is 6.07 Å². The lowest BCUT2D eigenvalue weighted by atomic mass is 10.1. The Morgan fingerprint density at radius 3 is 2.50 bits per heavy atom. The third kappa shape index (κ3) is 3.96. The number of nitriles is 1. The molecule has 5 nitrogen and oxygen atoms in total. The normalized spacial score (nSPS) is 11.8. The van der Waals surface area contributed by atoms with Gasteiger partial charge in [-0.25, -0.2) is 4.79 Å². The van der Waals surface area contributed by atoms with E-state index < -0.39 is 17.3 Å². The summed E-state index contributed by atoms with van der Waals surface area (Å²) in [4.78, 5) is 22.8. The fraction of sp³-hybridized carbons (Fsp3) is 0.364. The molecule has 0 aliphatic heterocycles. The second-order valence-corrected chi connectivity index (χ2v) is 2.72. The van der Waals surface area contributed by atoms with Gasteiger partial charge in [-0.15, -0.1) is 0 Å². The molecule has 0 aromatic rings. The van der Waals surface area contributed by atoms with Gasteiger partial charge in [-0.3, -0.25) is 4.79 Å². The Balaban J connectivity index is 5.13. The van der Waals surface area contributed by atoms with E-state index in [2.05, 4.69) is 4.74 Å². The van der Waals surface area contributed by atoms with E-state index in [1.54, 1.807) is 19.9 Å². The van der Waals surface area contributed by atoms with Crippen molar-refractivity contribution in [3.63, 3.8) is 0 Å². The highest BCUT2D eigenvalue weighted by molar-refractivity contribution is 6.22. The Morgan fingerprint density at radius 2 is 2.06 bits per heavy atom. The van der Waals surface area contributed by atoms with Crippen LogP contribution >= 0.6 is 0 Å². The van der Waals surface area contributed by atoms with E-state index in [4.69, 9.17) is 5.26 Å². The minimum atomic E-state index is -0.880. The fourth-order valence-electron chi connectivity index (χ4n) is 0.937. The van der Waals surface area contributed by atoms with Crippen molar-refractivity contribution in [3.05, 3.63) is 23.5 Å². The average Bonchev–Trinajstić information content (AvgIpc) is 2.26. The van der Waals surface area contributed by atoms with Gasteiger partial charge in [0.2, 0.25) is 0 Å². The van der Waals surface area contributed by atoms with Crippen molar-refractivity contribution in [1.82, 2.24) is 0 Å². The van der Waals surface area contributed by atoms with Crippen LogP contribution in [0.3, 0.4) is 0 Å². The molecule has 0 radical (unpaired) electrons. The molecule has 0 spiro atoms. The summed E-state index contributed by atoms with van der Waals surface area (Å²) in [6, 6.07) is 1.62. The largest absolute Gasteiger partial charge is 0.511 e. The van der Waals surface area contributed by atoms with Crippen molar-refractivity contribution >= 4 is 11.8 Å². The lowest BCUT2D eigenvalue weighted by Gasteiger charge is -2.05. The summed E-state index contributed by atoms with van der Waals surface area (Å²) in [6.07, 6.45) is 1.99. The standard InChI is InChI=1S/C11H13NO4/c1-3-8(13)10(11(15)16-4-2)9(14)6-5-7-12/h5-6,13H,3-4H2,1-2H3/b6-5+,10-8+. The molecule has 0 atom stereocenters. The number of carbonyl (C=O) groups is 2. The molecular weight excluding hydrogens is 210 g/mol. The third-order valence-electron chi connectivity index (χ3n) is 1.66. The van der Waals surface area contributed by atoms with Gasteiger partial charge in [0.15, 0.2) is 5.78 Å². The van der Waals surface area contributed by atoms with Crippen LogP contribution in [0.5, 0.6) is 0 Å². The lowest BCUT2D eigenvalue weighted by molar-refractivity contribution is -0.139. The minimum Gasteiger partial charge on any atom is -0.511 e. The molecule has 0 saturated heterocycles. The van der Waals surface area contributed by atoms with Crippen LogP contribution < -0.4 is 0 Å². The number of rotatable bonds is 5. The van der Waals surface area contributed by atoms with E-state index in [-0.39, 0.29) is 18.8 Å². The molecule has 16 heavy (non-hydrogen) atoms. The van der Waals surface area contributed by atoms with Gasteiger partial charge in [-0.05, 0) is 13.0 Å². The quantitative estimate of drug-likeness (QED) is 0.190. The summed E-state index contributed by atoms with van der Waals surface area (Å²) in [7, 11) is 0. The Kier molecular flexibility index (Phi) is 6.29. The van der Waals surface area contributed by atoms with Gasteiger partial charge in [0, 0.05) is 12.5 Å². The number of hydrogen-bond donors (Lipinski definition) is 1. The number of allylic oxidation sites excluding steroid dienone is 3. The fourth-order valence-corrected chi connectivity index (χ4v) is 0.937. The zero-order valence-corrected chi connectivity index (χ0v) is 9.19. The van der Waals surface area contributed by atoms with Crippen molar-refractivity contribution in [2.45, 2.75) is 20.3 Å². The molecule has 0 fully saturated rings. The van der Waals surface area contributed by atoms with E-state index >= 15 is 0 Å². The van der Waals surface area contributed by atoms with Crippen molar-refractivity contribution in [2.24, 2.45) is 0 Å². The molecule has 86 valence electrons. The first-order valence-corrected chi connectivity index (χ1v) is 4.78. The monoisotopic (exact) mass is 223 g/mol. The Labute approximate surface area is 93.6 Å². The van der Waals surface area contributed by atoms with Crippen LogP contribution in [-0.4, -0.2) is 23.5 Å². The molecule has 1 N–H and O–H groups in total. The van der Waals surface area contributed by atoms with Crippen LogP contribution in [-0.2, 0) is 14.3 Å². The first-order chi connectivity index (χ1) is 7.58. The number of carbonyl (C=O) groups excluding carboxylic acids is 2. The van der Waals surface area contributed by atoms with Gasteiger partial charge < -0.3 is 9.84 Å².